The third kappa shape index (κ3) is 3.96. The van der Waals surface area contributed by atoms with E-state index in [1.165, 1.54) is 12.1 Å². The van der Waals surface area contributed by atoms with Gasteiger partial charge in [-0.25, -0.2) is 4.57 Å². The summed E-state index contributed by atoms with van der Waals surface area (Å²) in [4.78, 5) is 11.8. The molecule has 1 heterocycles. The van der Waals surface area contributed by atoms with Crippen LogP contribution in [0.25, 0.3) is 0 Å². The second-order valence-electron chi connectivity index (χ2n) is 4.31. The van der Waals surface area contributed by atoms with Crippen molar-refractivity contribution in [3.63, 3.8) is 0 Å². The van der Waals surface area contributed by atoms with Gasteiger partial charge in [0.05, 0.1) is 0 Å². The molecule has 0 saturated heterocycles. The smallest absolute Gasteiger partial charge is 0.736 e. The summed E-state index contributed by atoms with van der Waals surface area (Å²) < 4.78 is 21.7. The normalized spacial score (nSPS) is 15.2. The number of hydrogen-bond donors (Lipinski definition) is 0. The zero-order valence-corrected chi connectivity index (χ0v) is 15.4. The zero-order valence-electron chi connectivity index (χ0n) is 11.0. The number of phosphoric acid groups is 1. The molecule has 2 aromatic carbocycles. The largest absolute Gasteiger partial charge is 1.00 e. The van der Waals surface area contributed by atoms with Crippen molar-refractivity contribution in [1.82, 2.24) is 0 Å². The second-order valence-corrected chi connectivity index (χ2v) is 6.44. The predicted octanol–water partition coefficient (Wildman–Crippen LogP) is 0.828. The molecule has 0 aromatic heterocycles. The molecular weight excluding hydrogens is 345 g/mol. The fourth-order valence-corrected chi connectivity index (χ4v) is 3.28. The molecule has 0 aliphatic carbocycles. The van der Waals surface area contributed by atoms with Crippen molar-refractivity contribution >= 4 is 31.0 Å². The van der Waals surface area contributed by atoms with Gasteiger partial charge in [0, 0.05) is 27.6 Å². The van der Waals surface area contributed by atoms with Gasteiger partial charge in [0.1, 0.15) is 11.5 Å². The Labute approximate surface area is 153 Å². The predicted molar refractivity (Wildman–Crippen MR) is 74.6 cm³/mol. The third-order valence-electron chi connectivity index (χ3n) is 2.85. The molecule has 0 saturated carbocycles. The van der Waals surface area contributed by atoms with E-state index in [1.807, 2.05) is 0 Å². The number of halogens is 2. The maximum absolute atomic E-state index is 11.8. The van der Waals surface area contributed by atoms with Gasteiger partial charge in [-0.3, -0.25) is 0 Å². The Bertz CT molecular complexity index is 681. The maximum atomic E-state index is 11.8. The van der Waals surface area contributed by atoms with E-state index < -0.39 is 7.82 Å². The summed E-state index contributed by atoms with van der Waals surface area (Å²) in [5, 5.41) is 0.997. The van der Waals surface area contributed by atoms with Crippen LogP contribution in [0.2, 0.25) is 10.0 Å². The monoisotopic (exact) mass is 352 g/mol. The molecule has 0 spiro atoms. The molecule has 0 unspecified atom stereocenters. The topological polar surface area (TPSA) is 58.6 Å². The van der Waals surface area contributed by atoms with Gasteiger partial charge in [-0.05, 0) is 36.4 Å². The van der Waals surface area contributed by atoms with Gasteiger partial charge >= 0.3 is 37.4 Å². The minimum atomic E-state index is -4.49. The van der Waals surface area contributed by atoms with E-state index in [-0.39, 0.29) is 41.1 Å². The summed E-state index contributed by atoms with van der Waals surface area (Å²) in [6.07, 6.45) is 0.409. The molecule has 104 valence electrons. The van der Waals surface area contributed by atoms with Crippen molar-refractivity contribution in [3.05, 3.63) is 57.6 Å². The first-order chi connectivity index (χ1) is 9.43. The molecule has 0 atom stereocenters. The van der Waals surface area contributed by atoms with E-state index in [0.717, 1.165) is 0 Å². The molecule has 1 aliphatic heterocycles. The fraction of sp³-hybridized carbons (Fsp3) is 0.0769. The van der Waals surface area contributed by atoms with Gasteiger partial charge < -0.3 is 13.9 Å². The maximum Gasteiger partial charge on any atom is 1.00 e. The van der Waals surface area contributed by atoms with E-state index in [0.29, 0.717) is 27.6 Å². The van der Waals surface area contributed by atoms with Crippen LogP contribution < -0.4 is 43.5 Å². The second kappa shape index (κ2) is 6.51. The Morgan fingerprint density at radius 1 is 0.952 bits per heavy atom. The number of phosphoric ester groups is 1. The third-order valence-corrected chi connectivity index (χ3v) is 4.16. The molecule has 0 fully saturated rings. The van der Waals surface area contributed by atoms with Gasteiger partial charge in [0.2, 0.25) is 0 Å². The Morgan fingerprint density at radius 3 is 1.81 bits per heavy atom. The molecule has 0 N–H and O–H groups in total. The fourth-order valence-electron chi connectivity index (χ4n) is 2.02. The van der Waals surface area contributed by atoms with Gasteiger partial charge in [0.25, 0.3) is 0 Å². The van der Waals surface area contributed by atoms with Gasteiger partial charge in [-0.1, -0.05) is 23.2 Å². The van der Waals surface area contributed by atoms with E-state index in [1.54, 1.807) is 24.3 Å². The van der Waals surface area contributed by atoms with E-state index in [2.05, 4.69) is 0 Å². The summed E-state index contributed by atoms with van der Waals surface area (Å²) in [6, 6.07) is 9.43. The molecule has 3 rings (SSSR count). The van der Waals surface area contributed by atoms with Crippen LogP contribution in [0.4, 0.5) is 0 Å². The van der Waals surface area contributed by atoms with Crippen molar-refractivity contribution in [1.29, 1.82) is 0 Å². The summed E-state index contributed by atoms with van der Waals surface area (Å²) in [7, 11) is -4.49. The number of benzene rings is 2. The summed E-state index contributed by atoms with van der Waals surface area (Å²) in [5.41, 5.74) is 1.31. The minimum absolute atomic E-state index is 0. The van der Waals surface area contributed by atoms with Crippen LogP contribution in [-0.4, -0.2) is 0 Å². The first-order valence-electron chi connectivity index (χ1n) is 5.70. The van der Waals surface area contributed by atoms with Crippen LogP contribution in [0.15, 0.2) is 36.4 Å². The van der Waals surface area contributed by atoms with Crippen molar-refractivity contribution < 1.29 is 48.1 Å². The van der Waals surface area contributed by atoms with Crippen LogP contribution in [0.5, 0.6) is 11.5 Å². The van der Waals surface area contributed by atoms with E-state index in [9.17, 15) is 9.46 Å². The molecule has 0 amide bonds. The molecule has 8 heteroatoms. The van der Waals surface area contributed by atoms with Crippen LogP contribution in [0.3, 0.4) is 0 Å². The molecule has 4 nitrogen and oxygen atoms in total. The van der Waals surface area contributed by atoms with Crippen LogP contribution in [0, 0.1) is 0 Å². The summed E-state index contributed by atoms with van der Waals surface area (Å²) in [5.74, 6) is 0.414. The number of hydrogen-bond acceptors (Lipinski definition) is 4. The molecule has 0 radical (unpaired) electrons. The first kappa shape index (κ1) is 17.2. The van der Waals surface area contributed by atoms with Crippen molar-refractivity contribution in [2.75, 3.05) is 0 Å². The SMILES string of the molecule is O=P1([O-])Oc2ccc(Cl)cc2Cc2cc(Cl)ccc2O1.[Na+]. The van der Waals surface area contributed by atoms with Gasteiger partial charge in [-0.2, -0.15) is 0 Å². The van der Waals surface area contributed by atoms with E-state index >= 15 is 0 Å². The number of fused-ring (bicyclic) bond motifs is 2. The van der Waals surface area contributed by atoms with Crippen molar-refractivity contribution in [2.45, 2.75) is 6.42 Å². The van der Waals surface area contributed by atoms with Crippen molar-refractivity contribution in [3.8, 4) is 11.5 Å². The minimum Gasteiger partial charge on any atom is -0.736 e. The van der Waals surface area contributed by atoms with Crippen LogP contribution in [0.1, 0.15) is 11.1 Å². The Morgan fingerprint density at radius 2 is 1.38 bits per heavy atom. The van der Waals surface area contributed by atoms with E-state index in [4.69, 9.17) is 32.2 Å². The first-order valence-corrected chi connectivity index (χ1v) is 7.92. The van der Waals surface area contributed by atoms with Gasteiger partial charge in [-0.15, -0.1) is 0 Å². The molecule has 21 heavy (non-hydrogen) atoms. The summed E-state index contributed by atoms with van der Waals surface area (Å²) >= 11 is 11.9. The van der Waals surface area contributed by atoms with Crippen molar-refractivity contribution in [2.24, 2.45) is 0 Å². The average Bonchev–Trinajstić information content (AvgIpc) is 2.34. The van der Waals surface area contributed by atoms with Gasteiger partial charge in [0.15, 0.2) is 0 Å². The number of rotatable bonds is 0. The average molecular weight is 353 g/mol. The molecule has 2 aromatic rings. The standard InChI is InChI=1S/C13H9Cl2O4P.Na/c14-10-1-3-12-8(6-10)5-9-7-11(15)2-4-13(9)19-20(16,17)18-12;/h1-4,6-7H,5H2,(H,16,17);/q;+1/p-1. The molecule has 0 bridgehead atoms. The molecule has 1 aliphatic rings. The molecular formula is C13H8Cl2NaO4P. The Kier molecular flexibility index (Phi) is 5.32. The quantitative estimate of drug-likeness (QED) is 0.520. The summed E-state index contributed by atoms with van der Waals surface area (Å²) in [6.45, 7) is 0. The zero-order chi connectivity index (χ0) is 14.3. The Hall–Kier alpha value is -0.190. The van der Waals surface area contributed by atoms with Crippen LogP contribution in [-0.2, 0) is 11.0 Å². The Balaban J connectivity index is 0.00000161. The van der Waals surface area contributed by atoms with Crippen LogP contribution >= 0.6 is 31.0 Å².